The number of carboxylic acids is 1. The molecule has 11 nitrogen and oxygen atoms in total. The third-order valence-electron chi connectivity index (χ3n) is 3.65. The van der Waals surface area contributed by atoms with E-state index in [1.165, 1.54) is 42.4 Å². The number of nitro groups is 1. The van der Waals surface area contributed by atoms with Crippen molar-refractivity contribution in [2.75, 3.05) is 12.4 Å². The number of ether oxygens (including phenoxy) is 1. The van der Waals surface area contributed by atoms with Crippen LogP contribution in [0.25, 0.3) is 5.82 Å². The highest BCUT2D eigenvalue weighted by molar-refractivity contribution is 5.88. The summed E-state index contributed by atoms with van der Waals surface area (Å²) in [6.45, 7) is 1.58. The van der Waals surface area contributed by atoms with E-state index in [0.29, 0.717) is 22.9 Å². The predicted molar refractivity (Wildman–Crippen MR) is 93.8 cm³/mol. The molecule has 0 fully saturated rings. The molecule has 0 amide bonds. The number of benzene rings is 1. The number of non-ortho nitro benzene ring substituents is 1. The Hall–Kier alpha value is -4.02. The van der Waals surface area contributed by atoms with Crippen LogP contribution in [0.2, 0.25) is 0 Å². The number of anilines is 2. The lowest BCUT2D eigenvalue weighted by molar-refractivity contribution is -0.384. The minimum absolute atomic E-state index is 0.0588. The van der Waals surface area contributed by atoms with E-state index in [1.807, 2.05) is 0 Å². The SMILES string of the molecule is COc1ccc([N+](=O)[O-])cc1Nc1nccc(-n2cc(C(=O)O)c(C)n2)n1. The largest absolute Gasteiger partial charge is 0.495 e. The normalized spacial score (nSPS) is 10.4. The first-order valence-corrected chi connectivity index (χ1v) is 7.61. The molecule has 11 heteroatoms. The van der Waals surface area contributed by atoms with E-state index in [-0.39, 0.29) is 17.2 Å². The first kappa shape index (κ1) is 17.8. The first-order chi connectivity index (χ1) is 12.9. The number of methoxy groups -OCH3 is 1. The van der Waals surface area contributed by atoms with Crippen molar-refractivity contribution in [3.05, 3.63) is 58.0 Å². The van der Waals surface area contributed by atoms with Gasteiger partial charge < -0.3 is 15.2 Å². The summed E-state index contributed by atoms with van der Waals surface area (Å²) in [7, 11) is 1.43. The molecule has 0 atom stereocenters. The number of hydrogen-bond donors (Lipinski definition) is 2. The molecular weight excluding hydrogens is 356 g/mol. The van der Waals surface area contributed by atoms with Crippen LogP contribution < -0.4 is 10.1 Å². The molecule has 3 rings (SSSR count). The van der Waals surface area contributed by atoms with Crippen LogP contribution in [-0.2, 0) is 0 Å². The highest BCUT2D eigenvalue weighted by atomic mass is 16.6. The maximum absolute atomic E-state index is 11.2. The lowest BCUT2D eigenvalue weighted by atomic mass is 10.2. The van der Waals surface area contributed by atoms with Gasteiger partial charge in [0.2, 0.25) is 5.95 Å². The number of aromatic carboxylic acids is 1. The van der Waals surface area contributed by atoms with Crippen LogP contribution in [0, 0.1) is 17.0 Å². The van der Waals surface area contributed by atoms with Gasteiger partial charge in [-0.2, -0.15) is 10.1 Å². The summed E-state index contributed by atoms with van der Waals surface area (Å²) in [5, 5.41) is 27.1. The standard InChI is InChI=1S/C16H14N6O5/c1-9-11(15(23)24)8-21(20-9)14-5-6-17-16(19-14)18-12-7-10(22(25)26)3-4-13(12)27-2/h3-8H,1-2H3,(H,23,24)(H,17,18,19). The second kappa shape index (κ2) is 7.07. The van der Waals surface area contributed by atoms with E-state index in [0.717, 1.165) is 0 Å². The maximum Gasteiger partial charge on any atom is 0.339 e. The second-order valence-corrected chi connectivity index (χ2v) is 5.38. The number of nitro benzene ring substituents is 1. The summed E-state index contributed by atoms with van der Waals surface area (Å²) in [5.74, 6) is -0.256. The molecule has 3 aromatic rings. The van der Waals surface area contributed by atoms with Gasteiger partial charge in [0.05, 0.1) is 23.4 Å². The molecule has 0 aliphatic rings. The number of hydrogen-bond acceptors (Lipinski definition) is 8. The van der Waals surface area contributed by atoms with Crippen molar-refractivity contribution in [3.63, 3.8) is 0 Å². The fourth-order valence-electron chi connectivity index (χ4n) is 2.35. The number of rotatable bonds is 6. The van der Waals surface area contributed by atoms with Gasteiger partial charge in [0.15, 0.2) is 5.82 Å². The molecule has 2 N–H and O–H groups in total. The average molecular weight is 370 g/mol. The lowest BCUT2D eigenvalue weighted by Gasteiger charge is -2.10. The Bertz CT molecular complexity index is 1030. The molecule has 27 heavy (non-hydrogen) atoms. The van der Waals surface area contributed by atoms with Gasteiger partial charge in [-0.1, -0.05) is 0 Å². The van der Waals surface area contributed by atoms with Crippen molar-refractivity contribution >= 4 is 23.3 Å². The Labute approximate surface area is 152 Å². The number of aryl methyl sites for hydroxylation is 1. The maximum atomic E-state index is 11.2. The van der Waals surface area contributed by atoms with Crippen LogP contribution in [0.5, 0.6) is 5.75 Å². The first-order valence-electron chi connectivity index (χ1n) is 7.61. The Morgan fingerprint density at radius 1 is 1.37 bits per heavy atom. The van der Waals surface area contributed by atoms with Gasteiger partial charge in [-0.15, -0.1) is 0 Å². The monoisotopic (exact) mass is 370 g/mol. The average Bonchev–Trinajstić information content (AvgIpc) is 3.04. The molecule has 0 aliphatic carbocycles. The van der Waals surface area contributed by atoms with Gasteiger partial charge in [-0.05, 0) is 13.0 Å². The number of aromatic nitrogens is 4. The molecule has 0 saturated carbocycles. The number of carboxylic acid groups (broad SMARTS) is 1. The Morgan fingerprint density at radius 3 is 2.78 bits per heavy atom. The third-order valence-corrected chi connectivity index (χ3v) is 3.65. The summed E-state index contributed by atoms with van der Waals surface area (Å²) in [5.41, 5.74) is 0.592. The van der Waals surface area contributed by atoms with Crippen LogP contribution in [0.3, 0.4) is 0 Å². The molecule has 0 radical (unpaired) electrons. The van der Waals surface area contributed by atoms with Crippen LogP contribution in [0.1, 0.15) is 16.1 Å². The summed E-state index contributed by atoms with van der Waals surface area (Å²) < 4.78 is 6.50. The minimum atomic E-state index is -1.09. The molecule has 0 saturated heterocycles. The van der Waals surface area contributed by atoms with E-state index in [4.69, 9.17) is 9.84 Å². The summed E-state index contributed by atoms with van der Waals surface area (Å²) in [4.78, 5) is 29.9. The second-order valence-electron chi connectivity index (χ2n) is 5.38. The Balaban J connectivity index is 1.95. The van der Waals surface area contributed by atoms with Gasteiger partial charge in [0.1, 0.15) is 11.3 Å². The highest BCUT2D eigenvalue weighted by Crippen LogP contribution is 2.30. The van der Waals surface area contributed by atoms with E-state index >= 15 is 0 Å². The van der Waals surface area contributed by atoms with Gasteiger partial charge in [0.25, 0.3) is 5.69 Å². The Morgan fingerprint density at radius 2 is 2.15 bits per heavy atom. The van der Waals surface area contributed by atoms with Crippen molar-refractivity contribution in [2.45, 2.75) is 6.92 Å². The van der Waals surface area contributed by atoms with Gasteiger partial charge in [0, 0.05) is 30.6 Å². The quantitative estimate of drug-likeness (QED) is 0.493. The number of nitrogens with zero attached hydrogens (tertiary/aromatic N) is 5. The van der Waals surface area contributed by atoms with Gasteiger partial charge in [-0.25, -0.2) is 14.5 Å². The van der Waals surface area contributed by atoms with Crippen molar-refractivity contribution < 1.29 is 19.6 Å². The Kier molecular flexibility index (Phi) is 4.66. The van der Waals surface area contributed by atoms with Crippen molar-refractivity contribution in [3.8, 4) is 11.6 Å². The van der Waals surface area contributed by atoms with E-state index in [2.05, 4.69) is 20.4 Å². The summed E-state index contributed by atoms with van der Waals surface area (Å²) >= 11 is 0. The van der Waals surface area contributed by atoms with Crippen molar-refractivity contribution in [1.82, 2.24) is 19.7 Å². The van der Waals surface area contributed by atoms with Crippen molar-refractivity contribution in [1.29, 1.82) is 0 Å². The van der Waals surface area contributed by atoms with Crippen LogP contribution in [-0.4, -0.2) is 42.9 Å². The number of nitrogens with one attached hydrogen (secondary N) is 1. The van der Waals surface area contributed by atoms with E-state index in [1.54, 1.807) is 13.0 Å². The zero-order chi connectivity index (χ0) is 19.6. The molecular formula is C16H14N6O5. The predicted octanol–water partition coefficient (Wildman–Crippen LogP) is 2.33. The smallest absolute Gasteiger partial charge is 0.339 e. The molecule has 0 spiro atoms. The fourth-order valence-corrected chi connectivity index (χ4v) is 2.35. The van der Waals surface area contributed by atoms with Crippen LogP contribution in [0.15, 0.2) is 36.7 Å². The van der Waals surface area contributed by atoms with Crippen LogP contribution in [0.4, 0.5) is 17.3 Å². The van der Waals surface area contributed by atoms with Crippen molar-refractivity contribution in [2.24, 2.45) is 0 Å². The number of carbonyl (C=O) groups is 1. The lowest BCUT2D eigenvalue weighted by Crippen LogP contribution is -2.04. The zero-order valence-corrected chi connectivity index (χ0v) is 14.3. The molecule has 0 bridgehead atoms. The molecule has 0 unspecified atom stereocenters. The summed E-state index contributed by atoms with van der Waals surface area (Å²) in [6.07, 6.45) is 2.80. The van der Waals surface area contributed by atoms with Crippen LogP contribution >= 0.6 is 0 Å². The highest BCUT2D eigenvalue weighted by Gasteiger charge is 2.15. The summed E-state index contributed by atoms with van der Waals surface area (Å²) in [6, 6.07) is 5.63. The molecule has 0 aliphatic heterocycles. The fraction of sp³-hybridized carbons (Fsp3) is 0.125. The third kappa shape index (κ3) is 3.66. The molecule has 1 aromatic carbocycles. The van der Waals surface area contributed by atoms with E-state index in [9.17, 15) is 14.9 Å². The topological polar surface area (TPSA) is 145 Å². The van der Waals surface area contributed by atoms with Gasteiger partial charge >= 0.3 is 5.97 Å². The molecule has 2 aromatic heterocycles. The molecule has 2 heterocycles. The van der Waals surface area contributed by atoms with E-state index < -0.39 is 10.9 Å². The minimum Gasteiger partial charge on any atom is -0.495 e. The molecule has 138 valence electrons. The zero-order valence-electron chi connectivity index (χ0n) is 14.3. The van der Waals surface area contributed by atoms with Gasteiger partial charge in [-0.3, -0.25) is 10.1 Å².